The van der Waals surface area contributed by atoms with E-state index in [0.29, 0.717) is 24.8 Å². The van der Waals surface area contributed by atoms with Crippen LogP contribution in [0.3, 0.4) is 0 Å². The first-order valence-electron chi connectivity index (χ1n) is 6.77. The lowest BCUT2D eigenvalue weighted by molar-refractivity contribution is -0.137. The Bertz CT molecular complexity index is 294. The number of urea groups is 1. The molecule has 1 fully saturated rings. The van der Waals surface area contributed by atoms with Gasteiger partial charge in [0, 0.05) is 19.0 Å². The Kier molecular flexibility index (Phi) is 5.95. The van der Waals surface area contributed by atoms with Gasteiger partial charge in [0.2, 0.25) is 0 Å². The quantitative estimate of drug-likeness (QED) is 0.658. The molecule has 0 spiro atoms. The first-order valence-corrected chi connectivity index (χ1v) is 6.77. The predicted octanol–water partition coefficient (Wildman–Crippen LogP) is 1.98. The highest BCUT2D eigenvalue weighted by atomic mass is 16.4. The molecule has 5 nitrogen and oxygen atoms in total. The third kappa shape index (κ3) is 4.94. The van der Waals surface area contributed by atoms with Crippen molar-refractivity contribution in [2.24, 2.45) is 11.8 Å². The van der Waals surface area contributed by atoms with Crippen molar-refractivity contribution < 1.29 is 14.7 Å². The minimum Gasteiger partial charge on any atom is -0.481 e. The third-order valence-electron chi connectivity index (χ3n) is 3.88. The molecule has 0 aromatic carbocycles. The van der Waals surface area contributed by atoms with Crippen LogP contribution < -0.4 is 10.6 Å². The largest absolute Gasteiger partial charge is 0.481 e. The molecule has 1 aliphatic rings. The lowest BCUT2D eigenvalue weighted by Gasteiger charge is -2.34. The van der Waals surface area contributed by atoms with Crippen molar-refractivity contribution >= 4 is 12.0 Å². The van der Waals surface area contributed by atoms with E-state index in [4.69, 9.17) is 5.11 Å². The molecule has 0 saturated heterocycles. The topological polar surface area (TPSA) is 78.4 Å². The number of amides is 2. The number of carbonyl (C=O) groups excluding carboxylic acids is 1. The van der Waals surface area contributed by atoms with E-state index in [1.54, 1.807) is 0 Å². The standard InChI is InChI=1S/C13H24N2O3/c1-9-5-3-6-11(10(9)2)15-13(18)14-8-4-7-12(16)17/h9-11H,3-8H2,1-2H3,(H,16,17)(H2,14,15,18). The van der Waals surface area contributed by atoms with Crippen LogP contribution in [0.1, 0.15) is 46.0 Å². The fraction of sp³-hybridized carbons (Fsp3) is 0.846. The average Bonchev–Trinajstić information content (AvgIpc) is 2.30. The van der Waals surface area contributed by atoms with E-state index in [2.05, 4.69) is 24.5 Å². The summed E-state index contributed by atoms with van der Waals surface area (Å²) in [7, 11) is 0. The summed E-state index contributed by atoms with van der Waals surface area (Å²) < 4.78 is 0. The normalized spacial score (nSPS) is 27.6. The van der Waals surface area contributed by atoms with Gasteiger partial charge in [-0.2, -0.15) is 0 Å². The molecule has 0 bridgehead atoms. The molecule has 0 aromatic rings. The second-order valence-electron chi connectivity index (χ2n) is 5.27. The highest BCUT2D eigenvalue weighted by Crippen LogP contribution is 2.29. The Morgan fingerprint density at radius 3 is 2.67 bits per heavy atom. The van der Waals surface area contributed by atoms with Crippen molar-refractivity contribution in [3.63, 3.8) is 0 Å². The summed E-state index contributed by atoms with van der Waals surface area (Å²) in [5, 5.41) is 14.2. The van der Waals surface area contributed by atoms with E-state index in [1.807, 2.05) is 0 Å². The van der Waals surface area contributed by atoms with Gasteiger partial charge in [-0.15, -0.1) is 0 Å². The van der Waals surface area contributed by atoms with E-state index in [1.165, 1.54) is 6.42 Å². The second kappa shape index (κ2) is 7.24. The van der Waals surface area contributed by atoms with Gasteiger partial charge in [0.05, 0.1) is 0 Å². The summed E-state index contributed by atoms with van der Waals surface area (Å²) in [5.41, 5.74) is 0. The summed E-state index contributed by atoms with van der Waals surface area (Å²) >= 11 is 0. The summed E-state index contributed by atoms with van der Waals surface area (Å²) in [6.07, 6.45) is 4.00. The molecule has 18 heavy (non-hydrogen) atoms. The highest BCUT2D eigenvalue weighted by Gasteiger charge is 2.27. The Balaban J connectivity index is 2.20. The van der Waals surface area contributed by atoms with Crippen LogP contribution in [0.4, 0.5) is 4.79 Å². The molecular weight excluding hydrogens is 232 g/mol. The van der Waals surface area contributed by atoms with Gasteiger partial charge in [-0.25, -0.2) is 4.79 Å². The SMILES string of the molecule is CC1CCCC(NC(=O)NCCCC(=O)O)C1C. The van der Waals surface area contributed by atoms with Crippen LogP contribution in [-0.4, -0.2) is 29.7 Å². The molecule has 0 radical (unpaired) electrons. The highest BCUT2D eigenvalue weighted by molar-refractivity contribution is 5.74. The zero-order chi connectivity index (χ0) is 13.5. The van der Waals surface area contributed by atoms with Crippen molar-refractivity contribution in [2.75, 3.05) is 6.54 Å². The van der Waals surface area contributed by atoms with Crippen LogP contribution in [0.15, 0.2) is 0 Å². The number of nitrogens with one attached hydrogen (secondary N) is 2. The lowest BCUT2D eigenvalue weighted by Crippen LogP contribution is -2.48. The summed E-state index contributed by atoms with van der Waals surface area (Å²) in [4.78, 5) is 22.0. The summed E-state index contributed by atoms with van der Waals surface area (Å²) in [6.45, 7) is 4.82. The maximum Gasteiger partial charge on any atom is 0.315 e. The minimum absolute atomic E-state index is 0.0944. The van der Waals surface area contributed by atoms with Gasteiger partial charge in [-0.3, -0.25) is 4.79 Å². The number of carboxylic acids is 1. The molecule has 0 heterocycles. The predicted molar refractivity (Wildman–Crippen MR) is 69.4 cm³/mol. The zero-order valence-corrected chi connectivity index (χ0v) is 11.2. The number of hydrogen-bond donors (Lipinski definition) is 3. The molecule has 1 rings (SSSR count). The van der Waals surface area contributed by atoms with E-state index in [0.717, 1.165) is 12.8 Å². The van der Waals surface area contributed by atoms with Crippen LogP contribution in [0.25, 0.3) is 0 Å². The van der Waals surface area contributed by atoms with E-state index in [-0.39, 0.29) is 18.5 Å². The van der Waals surface area contributed by atoms with Gasteiger partial charge in [0.1, 0.15) is 0 Å². The van der Waals surface area contributed by atoms with Crippen molar-refractivity contribution in [3.8, 4) is 0 Å². The first kappa shape index (κ1) is 14.8. The maximum absolute atomic E-state index is 11.6. The molecular formula is C13H24N2O3. The number of carbonyl (C=O) groups is 2. The van der Waals surface area contributed by atoms with Crippen LogP contribution in [0.2, 0.25) is 0 Å². The van der Waals surface area contributed by atoms with Crippen molar-refractivity contribution in [2.45, 2.75) is 52.0 Å². The van der Waals surface area contributed by atoms with Crippen LogP contribution in [0.5, 0.6) is 0 Å². The minimum atomic E-state index is -0.827. The van der Waals surface area contributed by atoms with Gasteiger partial charge < -0.3 is 15.7 Å². The van der Waals surface area contributed by atoms with Gasteiger partial charge in [0.15, 0.2) is 0 Å². The molecule has 3 atom stereocenters. The van der Waals surface area contributed by atoms with E-state index < -0.39 is 5.97 Å². The summed E-state index contributed by atoms with van der Waals surface area (Å²) in [6, 6.07) is 0.0690. The van der Waals surface area contributed by atoms with Gasteiger partial charge in [-0.05, 0) is 24.7 Å². The molecule has 104 valence electrons. The van der Waals surface area contributed by atoms with E-state index in [9.17, 15) is 9.59 Å². The van der Waals surface area contributed by atoms with E-state index >= 15 is 0 Å². The molecule has 1 saturated carbocycles. The Morgan fingerprint density at radius 1 is 1.28 bits per heavy atom. The Morgan fingerprint density at radius 2 is 2.00 bits per heavy atom. The molecule has 2 amide bonds. The lowest BCUT2D eigenvalue weighted by atomic mass is 9.78. The monoisotopic (exact) mass is 256 g/mol. The van der Waals surface area contributed by atoms with Crippen molar-refractivity contribution in [1.29, 1.82) is 0 Å². The maximum atomic E-state index is 11.6. The second-order valence-corrected chi connectivity index (χ2v) is 5.27. The third-order valence-corrected chi connectivity index (χ3v) is 3.88. The van der Waals surface area contributed by atoms with Crippen molar-refractivity contribution in [3.05, 3.63) is 0 Å². The Labute approximate surface area is 108 Å². The van der Waals surface area contributed by atoms with Gasteiger partial charge in [-0.1, -0.05) is 26.7 Å². The van der Waals surface area contributed by atoms with Crippen LogP contribution in [-0.2, 0) is 4.79 Å². The fourth-order valence-corrected chi connectivity index (χ4v) is 2.45. The average molecular weight is 256 g/mol. The molecule has 1 aliphatic carbocycles. The molecule has 3 unspecified atom stereocenters. The first-order chi connectivity index (χ1) is 8.50. The molecule has 0 aromatic heterocycles. The van der Waals surface area contributed by atoms with Crippen LogP contribution in [0, 0.1) is 11.8 Å². The zero-order valence-electron chi connectivity index (χ0n) is 11.2. The number of aliphatic carboxylic acids is 1. The van der Waals surface area contributed by atoms with Crippen molar-refractivity contribution in [1.82, 2.24) is 10.6 Å². The fourth-order valence-electron chi connectivity index (χ4n) is 2.45. The smallest absolute Gasteiger partial charge is 0.315 e. The number of hydrogen-bond acceptors (Lipinski definition) is 2. The van der Waals surface area contributed by atoms with Gasteiger partial charge >= 0.3 is 12.0 Å². The number of carboxylic acid groups (broad SMARTS) is 1. The van der Waals surface area contributed by atoms with Crippen LogP contribution >= 0.6 is 0 Å². The Hall–Kier alpha value is -1.26. The molecule has 0 aliphatic heterocycles. The van der Waals surface area contributed by atoms with Gasteiger partial charge in [0.25, 0.3) is 0 Å². The molecule has 3 N–H and O–H groups in total. The number of rotatable bonds is 5. The molecule has 5 heteroatoms. The summed E-state index contributed by atoms with van der Waals surface area (Å²) in [5.74, 6) is 0.325.